The first-order valence-electron chi connectivity index (χ1n) is 37.4. The van der Waals surface area contributed by atoms with Gasteiger partial charge in [-0.05, 0) is 144 Å². The molecule has 7 aromatic carbocycles. The molecule has 0 amide bonds. The molecule has 1 atom stereocenters. The number of pyridine rings is 7. The summed E-state index contributed by atoms with van der Waals surface area (Å²) < 4.78 is 147. The number of aromatic nitrogens is 13. The van der Waals surface area contributed by atoms with Crippen LogP contribution in [0.5, 0.6) is 0 Å². The number of fused-ring (bicyclic) bond motifs is 3. The van der Waals surface area contributed by atoms with Crippen molar-refractivity contribution < 1.29 is 130 Å². The van der Waals surface area contributed by atoms with Gasteiger partial charge in [0.15, 0.2) is 5.69 Å². The third kappa shape index (κ3) is 24.3. The van der Waals surface area contributed by atoms with Gasteiger partial charge in [0.25, 0.3) is 0 Å². The Kier molecular flexibility index (Phi) is 36.0. The van der Waals surface area contributed by atoms with E-state index < -0.39 is 75.1 Å². The predicted octanol–water partition coefficient (Wildman–Crippen LogP) is 19.9. The molecule has 2 aliphatic heterocycles. The Morgan fingerprint density at radius 2 is 1.02 bits per heavy atom. The fourth-order valence-corrected chi connectivity index (χ4v) is 12.7. The van der Waals surface area contributed by atoms with E-state index in [2.05, 4.69) is 102 Å². The molecule has 21 nitrogen and oxygen atoms in total. The molecule has 0 fully saturated rings. The van der Waals surface area contributed by atoms with Crippen LogP contribution in [0.15, 0.2) is 286 Å². The van der Waals surface area contributed by atoms with Crippen molar-refractivity contribution in [1.29, 1.82) is 15.8 Å². The maximum atomic E-state index is 15.4. The van der Waals surface area contributed by atoms with Crippen LogP contribution in [0.4, 0.5) is 59.7 Å². The molecule has 1 unspecified atom stereocenters. The third-order valence-electron chi connectivity index (χ3n) is 18.5. The molecule has 2 radical (unpaired) electrons. The molecule has 0 spiro atoms. The summed E-state index contributed by atoms with van der Waals surface area (Å²) in [5, 5.41) is 48.8. The number of halogens is 11. The topological polar surface area (TPSA) is 270 Å². The average molecular weight is 2470 g/mol. The van der Waals surface area contributed by atoms with Gasteiger partial charge >= 0.3 is 47.3 Å². The Morgan fingerprint density at radius 3 is 1.46 bits per heavy atom. The van der Waals surface area contributed by atoms with Crippen molar-refractivity contribution >= 4 is 11.4 Å². The SMILES string of the molecule is CN1C=CC(c2ccc(C#N)cn2)[N-]1.CN1C=CN(c2[c-]cc(C#N)cc2)[CH-]1.FC(F)(F)c1cc(-c2ccccn2)[n-]n1.Fc1c[c-]c(-c2ccccn2)c(F)c1.Fc1c[c-]c(-c2ccccn2)c(F)c1.[C-]#[N+]c1c(F)c[c-]c(-c2cccc(C3(c4cccc(-c5[c-]cc(F)c(C#N)c5F)n4)c4ccccc4-c4ccccc43)n2)c1F.[Ir+3].[Ir].[Ir].[Pt+2].c1ccc(-c2nnn[n-]2)nc1. The molecule has 0 N–H and O–H groups in total. The van der Waals surface area contributed by atoms with Crippen molar-refractivity contribution in [2.24, 2.45) is 0 Å². The summed E-state index contributed by atoms with van der Waals surface area (Å²) in [7, 11) is 3.83. The summed E-state index contributed by atoms with van der Waals surface area (Å²) >= 11 is 0. The van der Waals surface area contributed by atoms with Crippen LogP contribution in [0, 0.1) is 124 Å². The summed E-state index contributed by atoms with van der Waals surface area (Å²) in [4.78, 5) is 36.6. The molecule has 36 heteroatoms. The molecule has 11 heterocycles. The van der Waals surface area contributed by atoms with Gasteiger partial charge in [0.05, 0.1) is 52.7 Å². The number of nitriles is 3. The van der Waals surface area contributed by atoms with Gasteiger partial charge in [0.1, 0.15) is 17.2 Å². The van der Waals surface area contributed by atoms with Crippen LogP contribution in [0.3, 0.4) is 0 Å². The fourth-order valence-electron chi connectivity index (χ4n) is 12.7. The molecule has 16 aromatic rings. The van der Waals surface area contributed by atoms with Gasteiger partial charge in [-0.1, -0.05) is 161 Å². The summed E-state index contributed by atoms with van der Waals surface area (Å²) in [5.74, 6) is -6.32. The van der Waals surface area contributed by atoms with Gasteiger partial charge in [-0.2, -0.15) is 53.8 Å². The van der Waals surface area contributed by atoms with Gasteiger partial charge in [-0.25, -0.2) is 5.26 Å². The second-order valence-corrected chi connectivity index (χ2v) is 26.6. The first-order valence-corrected chi connectivity index (χ1v) is 37.4. The normalized spacial score (nSPS) is 12.3. The fraction of sp³-hybridized carbons (Fsp3) is 0.0526. The number of benzene rings is 7. The molecule has 19 rings (SSSR count). The first kappa shape index (κ1) is 100. The smallest absolute Gasteiger partial charge is 0.573 e. The van der Waals surface area contributed by atoms with Crippen LogP contribution < -0.4 is 15.1 Å². The number of hydrogen-bond donors (Lipinski definition) is 0. The predicted molar refractivity (Wildman–Crippen MR) is 443 cm³/mol. The molecular formula is C95H55F11Ir3N21Pt-4. The van der Waals surface area contributed by atoms with Crippen LogP contribution in [0.2, 0.25) is 0 Å². The molecular weight excluding hydrogens is 2420 g/mol. The zero-order chi connectivity index (χ0) is 89.6. The van der Waals surface area contributed by atoms with E-state index in [0.29, 0.717) is 51.1 Å². The van der Waals surface area contributed by atoms with E-state index in [1.807, 2.05) is 134 Å². The maximum absolute atomic E-state index is 15.4. The minimum absolute atomic E-state index is 0. The minimum Gasteiger partial charge on any atom is -0.573 e. The molecule has 0 saturated heterocycles. The van der Waals surface area contributed by atoms with Gasteiger partial charge < -0.3 is 45.5 Å². The van der Waals surface area contributed by atoms with Gasteiger partial charge in [-0.3, -0.25) is 75.2 Å². The third-order valence-corrected chi connectivity index (χ3v) is 18.5. The Morgan fingerprint density at radius 1 is 0.504 bits per heavy atom. The Bertz CT molecular complexity index is 6450. The first-order chi connectivity index (χ1) is 61.6. The van der Waals surface area contributed by atoms with E-state index >= 15 is 8.78 Å². The van der Waals surface area contributed by atoms with Crippen molar-refractivity contribution in [2.75, 3.05) is 19.0 Å². The maximum Gasteiger partial charge on any atom is 3.00 e. The van der Waals surface area contributed by atoms with E-state index in [1.54, 1.807) is 145 Å². The average Bonchev–Trinajstić information content (AvgIpc) is 1.54. The van der Waals surface area contributed by atoms with E-state index in [0.717, 1.165) is 76.1 Å². The second-order valence-electron chi connectivity index (χ2n) is 26.6. The van der Waals surface area contributed by atoms with Crippen molar-refractivity contribution in [3.8, 4) is 97.3 Å². The monoisotopic (exact) mass is 2470 g/mol. The number of nitrogens with zero attached hydrogens (tertiary/aromatic N) is 21. The van der Waals surface area contributed by atoms with Gasteiger partial charge in [-0.15, -0.1) is 65.8 Å². The van der Waals surface area contributed by atoms with Crippen molar-refractivity contribution in [2.45, 2.75) is 17.6 Å². The molecule has 131 heavy (non-hydrogen) atoms. The van der Waals surface area contributed by atoms with Crippen LogP contribution >= 0.6 is 0 Å². The number of hydrogen-bond acceptors (Lipinski definition) is 17. The van der Waals surface area contributed by atoms with E-state index in [9.17, 15) is 44.8 Å². The minimum atomic E-state index is -4.46. The standard InChI is InChI=1S/C37H16F4N4.2C11H6F2N.C11H9N3.C10H9N4.C9H5F3N3.C6H4N5.3Ir.Pt/c1-43-36-29(39)19-17-24(35(36)41)31-13-7-15-33(45-31)37(26-10-4-2-8-21(26)22-9-3-5-11-27(22)37)32-14-6-12-30(44-32)23-16-18-28(38)25(20-42)34(23)40;2*12-8-4-5-9(10(13)7-8)11-3-1-2-6-14-11;1-13-6-7-14(9-13)11-4-2-10(8-12)3-5-11;1-14-5-4-10(13-14)9-3-2-8(6-11)7-12-9;10-9(11,12)8-5-7(14-15-8)6-3-1-2-4-13-6;1-2-4-7-5(3-1)6-8-10-11-9-6;;;;/h2-15,18-19H;2*1-4,6-7H;2-4,6-7,9H,1H3;2-5,7,10H,1H3;1-5H;1-4H;;;;/q-2;2*-1;-2;3*-1;;;+3;+2. The van der Waals surface area contributed by atoms with Crippen LogP contribution in [-0.4, -0.2) is 79.5 Å². The van der Waals surface area contributed by atoms with E-state index in [-0.39, 0.29) is 127 Å². The Labute approximate surface area is 797 Å². The van der Waals surface area contributed by atoms with Crippen LogP contribution in [-0.2, 0) is 93.0 Å². The van der Waals surface area contributed by atoms with Gasteiger partial charge in [0.2, 0.25) is 0 Å². The molecule has 0 saturated carbocycles. The summed E-state index contributed by atoms with van der Waals surface area (Å²) in [6.07, 6.45) is 11.1. The van der Waals surface area contributed by atoms with Crippen molar-refractivity contribution in [1.82, 2.24) is 75.6 Å². The van der Waals surface area contributed by atoms with E-state index in [4.69, 9.17) is 27.1 Å². The Hall–Kier alpha value is -14.5. The van der Waals surface area contributed by atoms with Crippen LogP contribution in [0.25, 0.3) is 89.3 Å². The summed E-state index contributed by atoms with van der Waals surface area (Å²) in [6.45, 7) is 9.19. The number of anilines is 1. The Balaban J connectivity index is 0.000000187. The summed E-state index contributed by atoms with van der Waals surface area (Å²) in [5.41, 5.74) is 10.2. The summed E-state index contributed by atoms with van der Waals surface area (Å²) in [6, 6.07) is 80.2. The zero-order valence-corrected chi connectivity index (χ0v) is 76.6. The molecule has 3 aliphatic rings. The van der Waals surface area contributed by atoms with Crippen molar-refractivity contribution in [3.63, 3.8) is 0 Å². The largest absolute Gasteiger partial charge is 3.00 e. The number of alkyl halides is 3. The molecule has 9 aromatic heterocycles. The van der Waals surface area contributed by atoms with Gasteiger partial charge in [0, 0.05) is 129 Å². The quantitative estimate of drug-likeness (QED) is 0.0909. The van der Waals surface area contributed by atoms with E-state index in [1.165, 1.54) is 12.3 Å². The number of rotatable bonds is 10. The second kappa shape index (κ2) is 47.0. The van der Waals surface area contributed by atoms with Crippen molar-refractivity contribution in [3.05, 3.63) is 437 Å². The molecule has 0 bridgehead atoms. The zero-order valence-electron chi connectivity index (χ0n) is 67.2. The molecule has 1 aliphatic carbocycles. The number of tetrazole rings is 1. The van der Waals surface area contributed by atoms with Crippen LogP contribution in [0.1, 0.15) is 56.6 Å². The molecule has 658 valence electrons.